The van der Waals surface area contributed by atoms with E-state index in [1.54, 1.807) is 0 Å². The molecule has 0 saturated carbocycles. The number of amides is 1. The normalized spacial score (nSPS) is 22.4. The number of likely N-dealkylation sites (tertiary alicyclic amines) is 1. The van der Waals surface area contributed by atoms with E-state index in [2.05, 4.69) is 0 Å². The molecule has 6 nitrogen and oxygen atoms in total. The van der Waals surface area contributed by atoms with Gasteiger partial charge in [0.05, 0.1) is 6.10 Å². The number of nitrogens with zero attached hydrogens (tertiary/aromatic N) is 1. The Morgan fingerprint density at radius 3 is 2.65 bits per heavy atom. The van der Waals surface area contributed by atoms with Crippen LogP contribution in [-0.2, 0) is 16.1 Å². The number of carboxylic acid groups (broad SMARTS) is 1. The second-order valence-electron chi connectivity index (χ2n) is 4.77. The quantitative estimate of drug-likeness (QED) is 0.869. The molecule has 20 heavy (non-hydrogen) atoms. The van der Waals surface area contributed by atoms with Gasteiger partial charge in [0.1, 0.15) is 12.6 Å². The van der Waals surface area contributed by atoms with E-state index in [-0.39, 0.29) is 19.6 Å². The van der Waals surface area contributed by atoms with Crippen LogP contribution in [0, 0.1) is 0 Å². The summed E-state index contributed by atoms with van der Waals surface area (Å²) in [5, 5.41) is 18.6. The molecule has 1 amide bonds. The fraction of sp³-hybridized carbons (Fsp3) is 0.429. The molecule has 0 aromatic heterocycles. The Morgan fingerprint density at radius 1 is 1.30 bits per heavy atom. The zero-order valence-electron chi connectivity index (χ0n) is 10.9. The van der Waals surface area contributed by atoms with Crippen LogP contribution in [0.1, 0.15) is 18.4 Å². The van der Waals surface area contributed by atoms with E-state index in [1.807, 2.05) is 30.3 Å². The molecule has 1 aromatic rings. The van der Waals surface area contributed by atoms with Gasteiger partial charge in [-0.3, -0.25) is 4.90 Å². The standard InChI is InChI=1S/C14H17NO5/c16-11-6-7-15(12(8-11)13(17)18)14(19)20-9-10-4-2-1-3-5-10/h1-5,11-12,16H,6-9H2,(H,17,18)/t11-,12-/m1/s1. The van der Waals surface area contributed by atoms with Gasteiger partial charge < -0.3 is 14.9 Å². The van der Waals surface area contributed by atoms with Crippen LogP contribution in [0.2, 0.25) is 0 Å². The van der Waals surface area contributed by atoms with Gasteiger partial charge in [0.15, 0.2) is 0 Å². The van der Waals surface area contributed by atoms with Crippen LogP contribution in [0.5, 0.6) is 0 Å². The number of carbonyl (C=O) groups excluding carboxylic acids is 1. The lowest BCUT2D eigenvalue weighted by Crippen LogP contribution is -2.51. The molecule has 0 unspecified atom stereocenters. The van der Waals surface area contributed by atoms with Crippen LogP contribution in [-0.4, -0.2) is 45.9 Å². The molecule has 1 aliphatic heterocycles. The lowest BCUT2D eigenvalue weighted by molar-refractivity contribution is -0.145. The Morgan fingerprint density at radius 2 is 2.00 bits per heavy atom. The molecule has 108 valence electrons. The number of hydrogen-bond donors (Lipinski definition) is 2. The number of hydrogen-bond acceptors (Lipinski definition) is 4. The van der Waals surface area contributed by atoms with E-state index >= 15 is 0 Å². The molecule has 0 aliphatic carbocycles. The van der Waals surface area contributed by atoms with Crippen LogP contribution >= 0.6 is 0 Å². The van der Waals surface area contributed by atoms with Gasteiger partial charge in [0, 0.05) is 13.0 Å². The molecule has 6 heteroatoms. The molecule has 1 saturated heterocycles. The van der Waals surface area contributed by atoms with Crippen molar-refractivity contribution in [2.75, 3.05) is 6.54 Å². The minimum Gasteiger partial charge on any atom is -0.480 e. The summed E-state index contributed by atoms with van der Waals surface area (Å²) in [4.78, 5) is 24.2. The highest BCUT2D eigenvalue weighted by Crippen LogP contribution is 2.19. The molecular weight excluding hydrogens is 262 g/mol. The summed E-state index contributed by atoms with van der Waals surface area (Å²) in [6.07, 6.45) is -0.942. The van der Waals surface area contributed by atoms with E-state index in [9.17, 15) is 14.7 Å². The smallest absolute Gasteiger partial charge is 0.410 e. The number of carbonyl (C=O) groups is 2. The first-order valence-corrected chi connectivity index (χ1v) is 6.46. The lowest BCUT2D eigenvalue weighted by Gasteiger charge is -2.34. The zero-order valence-corrected chi connectivity index (χ0v) is 10.9. The first-order valence-electron chi connectivity index (χ1n) is 6.46. The number of ether oxygens (including phenoxy) is 1. The van der Waals surface area contributed by atoms with Crippen LogP contribution in [0.4, 0.5) is 4.79 Å². The van der Waals surface area contributed by atoms with E-state index in [0.29, 0.717) is 6.42 Å². The highest BCUT2D eigenvalue weighted by Gasteiger charge is 2.36. The predicted molar refractivity (Wildman–Crippen MR) is 70.0 cm³/mol. The molecule has 1 fully saturated rings. The van der Waals surface area contributed by atoms with Gasteiger partial charge >= 0.3 is 12.1 Å². The Hall–Kier alpha value is -2.08. The van der Waals surface area contributed by atoms with Crippen molar-refractivity contribution in [3.63, 3.8) is 0 Å². The largest absolute Gasteiger partial charge is 0.480 e. The first-order chi connectivity index (χ1) is 9.58. The summed E-state index contributed by atoms with van der Waals surface area (Å²) in [6, 6.07) is 8.14. The van der Waals surface area contributed by atoms with Crippen molar-refractivity contribution in [1.82, 2.24) is 4.90 Å². The summed E-state index contributed by atoms with van der Waals surface area (Å²) in [6.45, 7) is 0.289. The van der Waals surface area contributed by atoms with Crippen LogP contribution < -0.4 is 0 Å². The Balaban J connectivity index is 1.95. The fourth-order valence-electron chi connectivity index (χ4n) is 2.20. The molecule has 0 radical (unpaired) electrons. The van der Waals surface area contributed by atoms with Crippen LogP contribution in [0.15, 0.2) is 30.3 Å². The molecule has 1 aliphatic rings. The number of piperidine rings is 1. The average Bonchev–Trinajstić information content (AvgIpc) is 2.45. The fourth-order valence-corrected chi connectivity index (χ4v) is 2.20. The van der Waals surface area contributed by atoms with Gasteiger partial charge in [0.2, 0.25) is 0 Å². The Bertz CT molecular complexity index is 476. The molecule has 2 rings (SSSR count). The summed E-state index contributed by atoms with van der Waals surface area (Å²) < 4.78 is 5.13. The molecule has 1 heterocycles. The van der Waals surface area contributed by atoms with Gasteiger partial charge in [-0.2, -0.15) is 0 Å². The average molecular weight is 279 g/mol. The van der Waals surface area contributed by atoms with E-state index in [4.69, 9.17) is 9.84 Å². The first kappa shape index (κ1) is 14.3. The third kappa shape index (κ3) is 3.48. The van der Waals surface area contributed by atoms with Crippen molar-refractivity contribution >= 4 is 12.1 Å². The van der Waals surface area contributed by atoms with E-state index < -0.39 is 24.2 Å². The van der Waals surface area contributed by atoms with E-state index in [1.165, 1.54) is 0 Å². The highest BCUT2D eigenvalue weighted by molar-refractivity contribution is 5.80. The Kier molecular flexibility index (Phi) is 4.57. The molecule has 2 N–H and O–H groups in total. The van der Waals surface area contributed by atoms with Gasteiger partial charge in [-0.05, 0) is 12.0 Å². The van der Waals surface area contributed by atoms with Crippen molar-refractivity contribution in [2.45, 2.75) is 31.6 Å². The number of aliphatic carboxylic acids is 1. The maximum absolute atomic E-state index is 12.0. The van der Waals surface area contributed by atoms with Crippen molar-refractivity contribution in [3.05, 3.63) is 35.9 Å². The third-order valence-electron chi connectivity index (χ3n) is 3.30. The number of rotatable bonds is 3. The van der Waals surface area contributed by atoms with Gasteiger partial charge in [-0.25, -0.2) is 9.59 Å². The topological polar surface area (TPSA) is 87.1 Å². The molecule has 0 bridgehead atoms. The summed E-state index contributed by atoms with van der Waals surface area (Å²) in [5.41, 5.74) is 0.838. The van der Waals surface area contributed by atoms with Crippen molar-refractivity contribution in [1.29, 1.82) is 0 Å². The SMILES string of the molecule is O=C(O)[C@H]1C[C@H](O)CCN1C(=O)OCc1ccccc1. The summed E-state index contributed by atoms with van der Waals surface area (Å²) in [7, 11) is 0. The minimum atomic E-state index is -1.12. The van der Waals surface area contributed by atoms with Crippen LogP contribution in [0.3, 0.4) is 0 Å². The maximum atomic E-state index is 12.0. The third-order valence-corrected chi connectivity index (χ3v) is 3.30. The number of carboxylic acids is 1. The second kappa shape index (κ2) is 6.38. The molecule has 0 spiro atoms. The number of benzene rings is 1. The molecular formula is C14H17NO5. The lowest BCUT2D eigenvalue weighted by atomic mass is 10.0. The van der Waals surface area contributed by atoms with Crippen LogP contribution in [0.25, 0.3) is 0 Å². The minimum absolute atomic E-state index is 0.0375. The highest BCUT2D eigenvalue weighted by atomic mass is 16.6. The summed E-state index contributed by atoms with van der Waals surface area (Å²) in [5.74, 6) is -1.12. The summed E-state index contributed by atoms with van der Waals surface area (Å²) >= 11 is 0. The van der Waals surface area contributed by atoms with Gasteiger partial charge in [0.25, 0.3) is 0 Å². The van der Waals surface area contributed by atoms with Crippen molar-refractivity contribution in [2.24, 2.45) is 0 Å². The van der Waals surface area contributed by atoms with Crippen molar-refractivity contribution in [3.8, 4) is 0 Å². The maximum Gasteiger partial charge on any atom is 0.410 e. The van der Waals surface area contributed by atoms with Gasteiger partial charge in [-0.1, -0.05) is 30.3 Å². The second-order valence-corrected chi connectivity index (χ2v) is 4.77. The number of aliphatic hydroxyl groups is 1. The van der Waals surface area contributed by atoms with Crippen molar-refractivity contribution < 1.29 is 24.5 Å². The zero-order chi connectivity index (χ0) is 14.5. The predicted octanol–water partition coefficient (Wildman–Crippen LogP) is 1.23. The Labute approximate surface area is 116 Å². The molecule has 1 aromatic carbocycles. The monoisotopic (exact) mass is 279 g/mol. The number of aliphatic hydroxyl groups excluding tert-OH is 1. The van der Waals surface area contributed by atoms with Gasteiger partial charge in [-0.15, -0.1) is 0 Å². The van der Waals surface area contributed by atoms with E-state index in [0.717, 1.165) is 10.5 Å². The molecule has 2 atom stereocenters.